The molecule has 0 aromatic heterocycles. The van der Waals surface area contributed by atoms with E-state index in [9.17, 15) is 0 Å². The molecule has 1 heterocycles. The average molecular weight is 232 g/mol. The van der Waals surface area contributed by atoms with Crippen LogP contribution in [0.5, 0.6) is 0 Å². The van der Waals surface area contributed by atoms with Gasteiger partial charge in [-0.25, -0.2) is 0 Å². The summed E-state index contributed by atoms with van der Waals surface area (Å²) in [5.41, 5.74) is 9.28. The van der Waals surface area contributed by atoms with Crippen molar-refractivity contribution in [3.63, 3.8) is 0 Å². The Kier molecular flexibility index (Phi) is 2.71. The van der Waals surface area contributed by atoms with E-state index in [2.05, 4.69) is 24.0 Å². The molecule has 3 rings (SSSR count). The van der Waals surface area contributed by atoms with Crippen LogP contribution in [-0.4, -0.2) is 25.3 Å². The summed E-state index contributed by atoms with van der Waals surface area (Å²) < 4.78 is 5.85. The van der Waals surface area contributed by atoms with Gasteiger partial charge < -0.3 is 15.4 Å². The van der Waals surface area contributed by atoms with Gasteiger partial charge >= 0.3 is 0 Å². The molecule has 0 bridgehead atoms. The van der Waals surface area contributed by atoms with Crippen molar-refractivity contribution in [2.24, 2.45) is 0 Å². The molecule has 0 amide bonds. The summed E-state index contributed by atoms with van der Waals surface area (Å²) in [7, 11) is 0. The molecule has 2 N–H and O–H groups in total. The normalized spacial score (nSPS) is 28.2. The van der Waals surface area contributed by atoms with E-state index in [4.69, 9.17) is 10.5 Å². The smallest absolute Gasteiger partial charge is 0.0779 e. The first-order chi connectivity index (χ1) is 8.25. The van der Waals surface area contributed by atoms with Crippen LogP contribution in [0, 0.1) is 6.92 Å². The van der Waals surface area contributed by atoms with Crippen LogP contribution >= 0.6 is 0 Å². The van der Waals surface area contributed by atoms with Gasteiger partial charge in [0.05, 0.1) is 18.8 Å². The van der Waals surface area contributed by atoms with Crippen LogP contribution in [0.4, 0.5) is 11.4 Å². The van der Waals surface area contributed by atoms with E-state index >= 15 is 0 Å². The van der Waals surface area contributed by atoms with Crippen LogP contribution in [0.2, 0.25) is 0 Å². The molecule has 1 saturated heterocycles. The summed E-state index contributed by atoms with van der Waals surface area (Å²) in [6.45, 7) is 4.00. The van der Waals surface area contributed by atoms with Crippen molar-refractivity contribution in [2.45, 2.75) is 38.3 Å². The van der Waals surface area contributed by atoms with Gasteiger partial charge in [-0.1, -0.05) is 0 Å². The lowest BCUT2D eigenvalue weighted by atomic mass is 10.1. The van der Waals surface area contributed by atoms with Gasteiger partial charge in [0.2, 0.25) is 0 Å². The van der Waals surface area contributed by atoms with Gasteiger partial charge in [-0.05, 0) is 49.9 Å². The zero-order valence-electron chi connectivity index (χ0n) is 10.4. The molecule has 0 spiro atoms. The molecular weight excluding hydrogens is 212 g/mol. The van der Waals surface area contributed by atoms with Gasteiger partial charge in [0.15, 0.2) is 0 Å². The molecule has 1 aromatic carbocycles. The lowest BCUT2D eigenvalue weighted by Gasteiger charge is -2.40. The van der Waals surface area contributed by atoms with Crippen LogP contribution in [0.3, 0.4) is 0 Å². The Hall–Kier alpha value is -1.22. The van der Waals surface area contributed by atoms with Gasteiger partial charge in [0.25, 0.3) is 0 Å². The fourth-order valence-corrected chi connectivity index (χ4v) is 3.23. The number of benzene rings is 1. The molecule has 1 aliphatic carbocycles. The SMILES string of the molecule is Cc1cc(N)ccc1N1CCOC2CCCC21. The van der Waals surface area contributed by atoms with E-state index < -0.39 is 0 Å². The zero-order valence-corrected chi connectivity index (χ0v) is 10.4. The number of hydrogen-bond acceptors (Lipinski definition) is 3. The number of nitrogens with two attached hydrogens (primary N) is 1. The number of fused-ring (bicyclic) bond motifs is 1. The molecule has 17 heavy (non-hydrogen) atoms. The first kappa shape index (κ1) is 10.9. The molecule has 3 nitrogen and oxygen atoms in total. The fraction of sp³-hybridized carbons (Fsp3) is 0.571. The molecule has 2 atom stereocenters. The minimum atomic E-state index is 0.445. The van der Waals surface area contributed by atoms with E-state index in [1.807, 2.05) is 6.07 Å². The minimum Gasteiger partial charge on any atom is -0.399 e. The third-order valence-corrected chi connectivity index (χ3v) is 4.01. The van der Waals surface area contributed by atoms with Crippen molar-refractivity contribution in [1.29, 1.82) is 0 Å². The highest BCUT2D eigenvalue weighted by Crippen LogP contribution is 2.34. The summed E-state index contributed by atoms with van der Waals surface area (Å²) in [6.07, 6.45) is 4.21. The summed E-state index contributed by atoms with van der Waals surface area (Å²) in [6, 6.07) is 6.80. The van der Waals surface area contributed by atoms with Crippen molar-refractivity contribution in [3.05, 3.63) is 23.8 Å². The topological polar surface area (TPSA) is 38.5 Å². The van der Waals surface area contributed by atoms with Gasteiger partial charge in [-0.3, -0.25) is 0 Å². The molecule has 2 unspecified atom stereocenters. The Bertz CT molecular complexity index is 419. The third kappa shape index (κ3) is 1.89. The quantitative estimate of drug-likeness (QED) is 0.755. The van der Waals surface area contributed by atoms with Gasteiger partial charge in [-0.15, -0.1) is 0 Å². The maximum Gasteiger partial charge on any atom is 0.0779 e. The lowest BCUT2D eigenvalue weighted by molar-refractivity contribution is 0.0256. The van der Waals surface area contributed by atoms with Gasteiger partial charge in [0.1, 0.15) is 0 Å². The Morgan fingerprint density at radius 2 is 2.24 bits per heavy atom. The van der Waals surface area contributed by atoms with Crippen molar-refractivity contribution in [2.75, 3.05) is 23.8 Å². The second kappa shape index (κ2) is 4.22. The first-order valence-electron chi connectivity index (χ1n) is 6.50. The Morgan fingerprint density at radius 3 is 3.06 bits per heavy atom. The second-order valence-corrected chi connectivity index (χ2v) is 5.15. The lowest BCUT2D eigenvalue weighted by Crippen LogP contribution is -2.48. The summed E-state index contributed by atoms with van der Waals surface area (Å²) in [5, 5.41) is 0. The molecule has 1 aliphatic heterocycles. The van der Waals surface area contributed by atoms with E-state index in [1.54, 1.807) is 0 Å². The summed E-state index contributed by atoms with van der Waals surface area (Å²) >= 11 is 0. The molecule has 2 fully saturated rings. The largest absolute Gasteiger partial charge is 0.399 e. The highest BCUT2D eigenvalue weighted by molar-refractivity contribution is 5.60. The number of morpholine rings is 1. The standard InChI is InChI=1S/C14H20N2O/c1-10-9-11(15)5-6-12(10)16-7-8-17-14-4-2-3-13(14)16/h5-6,9,13-14H,2-4,7-8,15H2,1H3. The Morgan fingerprint density at radius 1 is 1.35 bits per heavy atom. The number of anilines is 2. The van der Waals surface area contributed by atoms with E-state index in [-0.39, 0.29) is 0 Å². The highest BCUT2D eigenvalue weighted by Gasteiger charge is 2.36. The average Bonchev–Trinajstić information content (AvgIpc) is 2.77. The zero-order chi connectivity index (χ0) is 11.8. The number of hydrogen-bond donors (Lipinski definition) is 1. The maximum absolute atomic E-state index is 5.85. The maximum atomic E-state index is 5.85. The molecule has 1 saturated carbocycles. The van der Waals surface area contributed by atoms with Crippen LogP contribution in [-0.2, 0) is 4.74 Å². The van der Waals surface area contributed by atoms with Crippen LogP contribution in [0.1, 0.15) is 24.8 Å². The monoisotopic (exact) mass is 232 g/mol. The predicted molar refractivity (Wildman–Crippen MR) is 70.3 cm³/mol. The summed E-state index contributed by atoms with van der Waals surface area (Å²) in [4.78, 5) is 2.52. The van der Waals surface area contributed by atoms with Crippen LogP contribution < -0.4 is 10.6 Å². The molecule has 92 valence electrons. The van der Waals surface area contributed by atoms with Crippen molar-refractivity contribution in [3.8, 4) is 0 Å². The first-order valence-corrected chi connectivity index (χ1v) is 6.50. The van der Waals surface area contributed by atoms with E-state index in [1.165, 1.54) is 30.5 Å². The Labute approximate surface area is 103 Å². The van der Waals surface area contributed by atoms with Crippen molar-refractivity contribution >= 4 is 11.4 Å². The highest BCUT2D eigenvalue weighted by atomic mass is 16.5. The molecule has 2 aliphatic rings. The number of aryl methyl sites for hydroxylation is 1. The minimum absolute atomic E-state index is 0.445. The number of rotatable bonds is 1. The van der Waals surface area contributed by atoms with Crippen LogP contribution in [0.15, 0.2) is 18.2 Å². The van der Waals surface area contributed by atoms with Gasteiger partial charge in [-0.2, -0.15) is 0 Å². The second-order valence-electron chi connectivity index (χ2n) is 5.15. The van der Waals surface area contributed by atoms with Gasteiger partial charge in [0, 0.05) is 17.9 Å². The molecule has 1 aromatic rings. The fourth-order valence-electron chi connectivity index (χ4n) is 3.23. The predicted octanol–water partition coefficient (Wildman–Crippen LogP) is 2.33. The third-order valence-electron chi connectivity index (χ3n) is 4.01. The molecule has 0 radical (unpaired) electrons. The Balaban J connectivity index is 1.91. The number of nitrogens with zero attached hydrogens (tertiary/aromatic N) is 1. The number of ether oxygens (including phenoxy) is 1. The van der Waals surface area contributed by atoms with E-state index in [0.717, 1.165) is 18.8 Å². The number of nitrogen functional groups attached to an aromatic ring is 1. The molecular formula is C14H20N2O. The van der Waals surface area contributed by atoms with Crippen molar-refractivity contribution in [1.82, 2.24) is 0 Å². The summed E-state index contributed by atoms with van der Waals surface area (Å²) in [5.74, 6) is 0. The van der Waals surface area contributed by atoms with Crippen LogP contribution in [0.25, 0.3) is 0 Å². The van der Waals surface area contributed by atoms with Crippen molar-refractivity contribution < 1.29 is 4.74 Å². The molecule has 3 heteroatoms. The van der Waals surface area contributed by atoms with E-state index in [0.29, 0.717) is 12.1 Å².